The van der Waals surface area contributed by atoms with Crippen molar-refractivity contribution >= 4 is 27.6 Å². The summed E-state index contributed by atoms with van der Waals surface area (Å²) in [6, 6.07) is 16.2. The lowest BCUT2D eigenvalue weighted by atomic mass is 9.91. The van der Waals surface area contributed by atoms with Gasteiger partial charge in [-0.3, -0.25) is 9.78 Å². The number of nitrogens with one attached hydrogen (secondary N) is 1. The molecule has 2 aromatic carbocycles. The highest BCUT2D eigenvalue weighted by Gasteiger charge is 2.41. The summed E-state index contributed by atoms with van der Waals surface area (Å²) in [6.07, 6.45) is 5.92. The summed E-state index contributed by atoms with van der Waals surface area (Å²) in [7, 11) is -2.12. The summed E-state index contributed by atoms with van der Waals surface area (Å²) in [4.78, 5) is 31.3. The van der Waals surface area contributed by atoms with Crippen molar-refractivity contribution in [1.29, 1.82) is 0 Å². The van der Waals surface area contributed by atoms with Crippen molar-refractivity contribution in [2.45, 2.75) is 51.3 Å². The van der Waals surface area contributed by atoms with E-state index in [0.717, 1.165) is 11.1 Å². The van der Waals surface area contributed by atoms with Crippen LogP contribution in [0.1, 0.15) is 50.8 Å². The molecule has 1 unspecified atom stereocenters. The van der Waals surface area contributed by atoms with Crippen LogP contribution < -0.4 is 19.1 Å². The maximum atomic E-state index is 13.6. The van der Waals surface area contributed by atoms with E-state index < -0.39 is 21.2 Å². The number of hydrogen-bond donors (Lipinski definition) is 1. The van der Waals surface area contributed by atoms with Crippen molar-refractivity contribution in [2.75, 3.05) is 23.3 Å². The first-order valence-electron chi connectivity index (χ1n) is 14.5. The van der Waals surface area contributed by atoms with Gasteiger partial charge in [0.1, 0.15) is 5.75 Å². The Labute approximate surface area is 257 Å². The van der Waals surface area contributed by atoms with Gasteiger partial charge in [0.15, 0.2) is 0 Å². The van der Waals surface area contributed by atoms with Crippen LogP contribution >= 0.6 is 0 Å². The van der Waals surface area contributed by atoms with E-state index in [1.54, 1.807) is 49.8 Å². The van der Waals surface area contributed by atoms with Gasteiger partial charge in [-0.05, 0) is 61.6 Å². The number of aromatic nitrogens is 4. The van der Waals surface area contributed by atoms with Crippen LogP contribution in [0.3, 0.4) is 0 Å². The van der Waals surface area contributed by atoms with E-state index in [4.69, 9.17) is 9.47 Å². The number of benzene rings is 2. The van der Waals surface area contributed by atoms with Crippen LogP contribution in [0.25, 0.3) is 11.3 Å². The third-order valence-electron chi connectivity index (χ3n) is 7.25. The molecule has 1 aliphatic rings. The molecule has 5 rings (SSSR count). The predicted molar refractivity (Wildman–Crippen MR) is 168 cm³/mol. The van der Waals surface area contributed by atoms with E-state index in [1.165, 1.54) is 10.5 Å². The van der Waals surface area contributed by atoms with Gasteiger partial charge in [0.25, 0.3) is 0 Å². The second-order valence-electron chi connectivity index (χ2n) is 10.8. The van der Waals surface area contributed by atoms with Crippen LogP contribution in [0, 0.1) is 5.92 Å². The Bertz CT molecular complexity index is 1690. The van der Waals surface area contributed by atoms with Crippen molar-refractivity contribution in [3.05, 3.63) is 84.4 Å². The van der Waals surface area contributed by atoms with Crippen molar-refractivity contribution in [3.63, 3.8) is 0 Å². The van der Waals surface area contributed by atoms with E-state index in [0.29, 0.717) is 48.2 Å². The predicted octanol–water partition coefficient (Wildman–Crippen LogP) is 5.22. The summed E-state index contributed by atoms with van der Waals surface area (Å²) in [5, 5.41) is 2.52. The maximum Gasteiger partial charge on any atom is 0.240 e. The Morgan fingerprint density at radius 3 is 2.39 bits per heavy atom. The monoisotopic (exact) mass is 616 g/mol. The van der Waals surface area contributed by atoms with Crippen LogP contribution in [-0.2, 0) is 21.4 Å². The van der Waals surface area contributed by atoms with Gasteiger partial charge in [-0.25, -0.2) is 27.7 Å². The largest absolute Gasteiger partial charge is 0.497 e. The minimum Gasteiger partial charge on any atom is -0.497 e. The van der Waals surface area contributed by atoms with Gasteiger partial charge in [-0.15, -0.1) is 0 Å². The lowest BCUT2D eigenvalue weighted by molar-refractivity contribution is -0.118. The Morgan fingerprint density at radius 1 is 1.02 bits per heavy atom. The SMILES string of the molecule is CCOc1cncc(-c2ccc(NC(=O)C(c3ccnc(N(Cc4ccc(OC)cc4)S(=O)(=O)C4CC4)n3)C(C)C)cc2)n1. The van der Waals surface area contributed by atoms with E-state index in [-0.39, 0.29) is 24.3 Å². The molecule has 2 heterocycles. The number of amides is 1. The fourth-order valence-electron chi connectivity index (χ4n) is 4.80. The fourth-order valence-corrected chi connectivity index (χ4v) is 6.54. The number of hydrogen-bond acceptors (Lipinski definition) is 9. The fraction of sp³-hybridized carbons (Fsp3) is 0.344. The van der Waals surface area contributed by atoms with E-state index in [2.05, 4.69) is 25.3 Å². The number of carbonyl (C=O) groups excluding carboxylic acids is 1. The van der Waals surface area contributed by atoms with Crippen LogP contribution in [0.4, 0.5) is 11.6 Å². The van der Waals surface area contributed by atoms with Gasteiger partial charge in [-0.2, -0.15) is 0 Å². The standard InChI is InChI=1S/C32H36N6O5S/c1-5-43-29-19-33-18-28(36-29)23-8-10-24(11-9-23)35-31(39)30(21(2)3)27-16-17-34-32(37-27)38(44(40,41)26-14-15-26)20-22-6-12-25(42-4)13-7-22/h6-13,16-19,21,26,30H,5,14-15,20H2,1-4H3,(H,35,39). The molecule has 0 bridgehead atoms. The molecule has 230 valence electrons. The molecular weight excluding hydrogens is 580 g/mol. The quantitative estimate of drug-likeness (QED) is 0.214. The van der Waals surface area contributed by atoms with Crippen LogP contribution in [-0.4, -0.2) is 53.2 Å². The molecule has 1 amide bonds. The number of anilines is 2. The average Bonchev–Trinajstić information content (AvgIpc) is 3.88. The van der Waals surface area contributed by atoms with Crippen molar-refractivity contribution < 1.29 is 22.7 Å². The molecule has 1 saturated carbocycles. The number of ether oxygens (including phenoxy) is 2. The van der Waals surface area contributed by atoms with Gasteiger partial charge in [0.05, 0.1) is 55.2 Å². The van der Waals surface area contributed by atoms with Crippen molar-refractivity contribution in [3.8, 4) is 22.9 Å². The maximum absolute atomic E-state index is 13.6. The highest BCUT2D eigenvalue weighted by molar-refractivity contribution is 7.93. The number of sulfonamides is 1. The summed E-state index contributed by atoms with van der Waals surface area (Å²) >= 11 is 0. The molecule has 0 aliphatic heterocycles. The summed E-state index contributed by atoms with van der Waals surface area (Å²) in [5.74, 6) is 0.110. The van der Waals surface area contributed by atoms with Crippen LogP contribution in [0.2, 0.25) is 0 Å². The van der Waals surface area contributed by atoms with Crippen molar-refractivity contribution in [2.24, 2.45) is 5.92 Å². The van der Waals surface area contributed by atoms with Crippen molar-refractivity contribution in [1.82, 2.24) is 19.9 Å². The lowest BCUT2D eigenvalue weighted by Crippen LogP contribution is -2.35. The molecule has 12 heteroatoms. The first-order chi connectivity index (χ1) is 21.2. The molecular formula is C32H36N6O5S. The van der Waals surface area contributed by atoms with Gasteiger partial charge in [-0.1, -0.05) is 38.1 Å². The minimum atomic E-state index is -3.70. The molecule has 0 saturated heterocycles. The van der Waals surface area contributed by atoms with Gasteiger partial charge in [0.2, 0.25) is 27.8 Å². The molecule has 11 nitrogen and oxygen atoms in total. The Kier molecular flexibility index (Phi) is 9.38. The third kappa shape index (κ3) is 7.13. The third-order valence-corrected chi connectivity index (χ3v) is 9.47. The molecule has 0 radical (unpaired) electrons. The number of carbonyl (C=O) groups is 1. The molecule has 4 aromatic rings. The molecule has 1 fully saturated rings. The van der Waals surface area contributed by atoms with E-state index >= 15 is 0 Å². The topological polar surface area (TPSA) is 136 Å². The summed E-state index contributed by atoms with van der Waals surface area (Å²) in [5.41, 5.74) is 3.29. The zero-order chi connectivity index (χ0) is 31.3. The van der Waals surface area contributed by atoms with Gasteiger partial charge in [0, 0.05) is 17.4 Å². The lowest BCUT2D eigenvalue weighted by Gasteiger charge is -2.25. The molecule has 44 heavy (non-hydrogen) atoms. The summed E-state index contributed by atoms with van der Waals surface area (Å²) < 4.78 is 39.0. The Morgan fingerprint density at radius 2 is 1.75 bits per heavy atom. The Hall–Kier alpha value is -4.58. The molecule has 1 aliphatic carbocycles. The molecule has 2 aromatic heterocycles. The first-order valence-corrected chi connectivity index (χ1v) is 16.0. The van der Waals surface area contributed by atoms with Gasteiger partial charge < -0.3 is 14.8 Å². The zero-order valence-corrected chi connectivity index (χ0v) is 26.0. The second kappa shape index (κ2) is 13.4. The van der Waals surface area contributed by atoms with Crippen LogP contribution in [0.15, 0.2) is 73.2 Å². The summed E-state index contributed by atoms with van der Waals surface area (Å²) in [6.45, 7) is 6.29. The smallest absolute Gasteiger partial charge is 0.240 e. The molecule has 1 N–H and O–H groups in total. The highest BCUT2D eigenvalue weighted by Crippen LogP contribution is 2.34. The minimum absolute atomic E-state index is 0.0448. The average molecular weight is 617 g/mol. The first kappa shape index (κ1) is 30.9. The number of rotatable bonds is 13. The van der Waals surface area contributed by atoms with Crippen LogP contribution in [0.5, 0.6) is 11.6 Å². The zero-order valence-electron chi connectivity index (χ0n) is 25.2. The second-order valence-corrected chi connectivity index (χ2v) is 13.0. The number of methoxy groups -OCH3 is 1. The van der Waals surface area contributed by atoms with Gasteiger partial charge >= 0.3 is 0 Å². The Balaban J connectivity index is 1.38. The molecule has 0 spiro atoms. The normalized spacial score (nSPS) is 13.8. The van der Waals surface area contributed by atoms with E-state index in [9.17, 15) is 13.2 Å². The number of nitrogens with zero attached hydrogens (tertiary/aromatic N) is 5. The highest BCUT2D eigenvalue weighted by atomic mass is 32.2. The van der Waals surface area contributed by atoms with E-state index in [1.807, 2.05) is 45.0 Å². The molecule has 1 atom stereocenters.